The molecule has 3 N–H and O–H groups in total. The van der Waals surface area contributed by atoms with E-state index >= 15 is 0 Å². The van der Waals surface area contributed by atoms with Gasteiger partial charge in [-0.2, -0.15) is 0 Å². The summed E-state index contributed by atoms with van der Waals surface area (Å²) in [5.74, 6) is 0. The minimum atomic E-state index is -4.10. The first-order valence-electron chi connectivity index (χ1n) is 8.89. The van der Waals surface area contributed by atoms with Gasteiger partial charge in [-0.25, -0.2) is 4.79 Å². The summed E-state index contributed by atoms with van der Waals surface area (Å²) in [6.45, 7) is 1.09. The zero-order valence-corrected chi connectivity index (χ0v) is 20.1. The molecule has 1 fully saturated rings. The molecule has 0 saturated carbocycles. The molecule has 16 heteroatoms. The van der Waals surface area contributed by atoms with Gasteiger partial charge in [-0.3, -0.25) is 23.4 Å². The van der Waals surface area contributed by atoms with E-state index in [0.717, 1.165) is 17.7 Å². The molecule has 186 valence electrons. The normalized spacial score (nSPS) is 27.3. The molecule has 1 aromatic rings. The van der Waals surface area contributed by atoms with Crippen LogP contribution in [0.4, 0.5) is 0 Å². The van der Waals surface area contributed by atoms with Crippen LogP contribution in [0.2, 0.25) is 0 Å². The lowest BCUT2D eigenvalue weighted by molar-refractivity contribution is -0.167. The first-order valence-corrected chi connectivity index (χ1v) is 13.2. The number of aromatic amines is 1. The second-order valence-corrected chi connectivity index (χ2v) is 12.1. The molecule has 2 rings (SSSR count). The van der Waals surface area contributed by atoms with Crippen LogP contribution in [-0.4, -0.2) is 64.0 Å². The highest BCUT2D eigenvalue weighted by Gasteiger charge is 2.51. The van der Waals surface area contributed by atoms with Crippen molar-refractivity contribution in [1.29, 1.82) is 0 Å². The van der Waals surface area contributed by atoms with E-state index < -0.39 is 62.2 Å². The molecule has 0 bridgehead atoms. The SMILES string of the molecule is C.CO[C@@H]1[C@H](OP(O)(=S)OC(C)(C)C)[C@@H](OCP(=O)(O)OC)O[C@H]1n1ccc(=O)[nH]c1=O. The highest BCUT2D eigenvalue weighted by atomic mass is 32.5. The van der Waals surface area contributed by atoms with E-state index in [1.807, 2.05) is 0 Å². The molecule has 0 aromatic carbocycles. The van der Waals surface area contributed by atoms with Crippen LogP contribution < -0.4 is 11.2 Å². The van der Waals surface area contributed by atoms with E-state index in [-0.39, 0.29) is 7.43 Å². The average Bonchev–Trinajstić information content (AvgIpc) is 2.94. The minimum Gasteiger partial charge on any atom is -0.374 e. The number of nitrogens with one attached hydrogen (secondary N) is 1. The summed E-state index contributed by atoms with van der Waals surface area (Å²) in [7, 11) is -1.79. The van der Waals surface area contributed by atoms with Crippen molar-refractivity contribution in [3.8, 4) is 0 Å². The summed E-state index contributed by atoms with van der Waals surface area (Å²) in [5, 5.41) is 0. The molecule has 2 unspecified atom stereocenters. The number of aromatic nitrogens is 2. The maximum Gasteiger partial charge on any atom is 0.353 e. The van der Waals surface area contributed by atoms with Gasteiger partial charge >= 0.3 is 20.0 Å². The molecule has 1 saturated heterocycles. The van der Waals surface area contributed by atoms with Gasteiger partial charge in [-0.1, -0.05) is 7.43 Å². The molecule has 1 aliphatic heterocycles. The third-order valence-electron chi connectivity index (χ3n) is 3.88. The Morgan fingerprint density at radius 3 is 2.38 bits per heavy atom. The van der Waals surface area contributed by atoms with E-state index in [1.165, 1.54) is 13.3 Å². The van der Waals surface area contributed by atoms with Crippen LogP contribution >= 0.6 is 14.3 Å². The molecule has 6 atom stereocenters. The molecular formula is C16H30N2O11P2S. The summed E-state index contributed by atoms with van der Waals surface area (Å²) in [6.07, 6.45) is -4.59. The second kappa shape index (κ2) is 11.1. The van der Waals surface area contributed by atoms with Gasteiger partial charge in [0, 0.05) is 26.5 Å². The minimum absolute atomic E-state index is 0. The second-order valence-electron chi connectivity index (χ2n) is 7.47. The lowest BCUT2D eigenvalue weighted by Gasteiger charge is -2.30. The van der Waals surface area contributed by atoms with Crippen molar-refractivity contribution in [2.24, 2.45) is 0 Å². The van der Waals surface area contributed by atoms with Crippen LogP contribution in [0.1, 0.15) is 34.4 Å². The monoisotopic (exact) mass is 520 g/mol. The largest absolute Gasteiger partial charge is 0.374 e. The van der Waals surface area contributed by atoms with Crippen molar-refractivity contribution in [3.05, 3.63) is 33.1 Å². The number of hydrogen-bond donors (Lipinski definition) is 3. The highest BCUT2D eigenvalue weighted by Crippen LogP contribution is 2.52. The zero-order valence-electron chi connectivity index (χ0n) is 17.5. The summed E-state index contributed by atoms with van der Waals surface area (Å²) < 4.78 is 44.7. The van der Waals surface area contributed by atoms with Crippen molar-refractivity contribution in [2.45, 2.75) is 58.5 Å². The van der Waals surface area contributed by atoms with Crippen molar-refractivity contribution in [1.82, 2.24) is 9.55 Å². The Morgan fingerprint density at radius 1 is 1.25 bits per heavy atom. The van der Waals surface area contributed by atoms with Gasteiger partial charge in [0.1, 0.15) is 12.2 Å². The number of H-pyrrole nitrogens is 1. The Bertz CT molecular complexity index is 976. The molecule has 2 heterocycles. The van der Waals surface area contributed by atoms with E-state index in [1.54, 1.807) is 20.8 Å². The zero-order chi connectivity index (χ0) is 23.6. The smallest absolute Gasteiger partial charge is 0.353 e. The van der Waals surface area contributed by atoms with Gasteiger partial charge < -0.3 is 33.0 Å². The van der Waals surface area contributed by atoms with E-state index in [9.17, 15) is 23.9 Å². The average molecular weight is 520 g/mol. The molecular weight excluding hydrogens is 490 g/mol. The third-order valence-corrected chi connectivity index (χ3v) is 6.69. The molecule has 32 heavy (non-hydrogen) atoms. The molecule has 13 nitrogen and oxygen atoms in total. The van der Waals surface area contributed by atoms with Crippen LogP contribution in [0.3, 0.4) is 0 Å². The fraction of sp³-hybridized carbons (Fsp3) is 0.750. The van der Waals surface area contributed by atoms with Gasteiger partial charge in [0.25, 0.3) is 5.56 Å². The quantitative estimate of drug-likeness (QED) is 0.400. The molecule has 0 aliphatic carbocycles. The van der Waals surface area contributed by atoms with Gasteiger partial charge in [-0.15, -0.1) is 0 Å². The number of ether oxygens (including phenoxy) is 3. The van der Waals surface area contributed by atoms with Crippen LogP contribution in [-0.2, 0) is 44.2 Å². The molecule has 1 aliphatic rings. The predicted octanol–water partition coefficient (Wildman–Crippen LogP) is 1.27. The Morgan fingerprint density at radius 2 is 1.88 bits per heavy atom. The summed E-state index contributed by atoms with van der Waals surface area (Å²) >= 11 is 5.07. The molecule has 0 spiro atoms. The van der Waals surface area contributed by atoms with Crippen molar-refractivity contribution in [2.75, 3.05) is 20.6 Å². The fourth-order valence-corrected chi connectivity index (χ4v) is 5.37. The van der Waals surface area contributed by atoms with Crippen molar-refractivity contribution in [3.63, 3.8) is 0 Å². The van der Waals surface area contributed by atoms with Crippen molar-refractivity contribution < 1.29 is 42.1 Å². The first kappa shape index (κ1) is 29.3. The topological polar surface area (TPSA) is 168 Å². The van der Waals surface area contributed by atoms with Crippen molar-refractivity contribution >= 4 is 26.1 Å². The Labute approximate surface area is 190 Å². The summed E-state index contributed by atoms with van der Waals surface area (Å²) in [5.41, 5.74) is -2.29. The van der Waals surface area contributed by atoms with E-state index in [2.05, 4.69) is 9.51 Å². The van der Waals surface area contributed by atoms with Crippen LogP contribution in [0.15, 0.2) is 21.9 Å². The molecule has 0 amide bonds. The standard InChI is InChI=1S/C15H26N2O11P2S.CH4/c1-15(2,3)28-30(22,31)27-11-10(23-4)12(17-7-6-9(18)16-14(17)19)26-13(11)25-8-29(20,21)24-5;/h6-7,10-13H,8H2,1-5H3,(H,20,21)(H,22,31)(H,16,18,19);1H4/t10-,11+,12-,13+,30?;/m1./s1. The molecule has 0 radical (unpaired) electrons. The highest BCUT2D eigenvalue weighted by molar-refractivity contribution is 8.07. The Hall–Kier alpha value is -0.760. The van der Waals surface area contributed by atoms with Crippen LogP contribution in [0.25, 0.3) is 0 Å². The Balaban J connectivity index is 0.00000512. The van der Waals surface area contributed by atoms with Crippen LogP contribution in [0, 0.1) is 0 Å². The number of hydrogen-bond acceptors (Lipinski definition) is 10. The van der Waals surface area contributed by atoms with E-state index in [4.69, 9.17) is 35.1 Å². The summed E-state index contributed by atoms with van der Waals surface area (Å²) in [6, 6.07) is 1.09. The fourth-order valence-electron chi connectivity index (χ4n) is 2.70. The molecule has 1 aromatic heterocycles. The predicted molar refractivity (Wildman–Crippen MR) is 118 cm³/mol. The number of nitrogens with zero attached hydrogens (tertiary/aromatic N) is 1. The lowest BCUT2D eigenvalue weighted by Crippen LogP contribution is -2.40. The van der Waals surface area contributed by atoms with Gasteiger partial charge in [0.2, 0.25) is 0 Å². The van der Waals surface area contributed by atoms with E-state index in [0.29, 0.717) is 0 Å². The third kappa shape index (κ3) is 7.93. The summed E-state index contributed by atoms with van der Waals surface area (Å²) in [4.78, 5) is 45.9. The lowest BCUT2D eigenvalue weighted by atomic mass is 10.2. The number of methoxy groups -OCH3 is 1. The van der Waals surface area contributed by atoms with Gasteiger partial charge in [0.05, 0.1) is 5.60 Å². The van der Waals surface area contributed by atoms with Crippen LogP contribution in [0.5, 0.6) is 0 Å². The first-order chi connectivity index (χ1) is 14.2. The Kier molecular flexibility index (Phi) is 10.2. The van der Waals surface area contributed by atoms with Gasteiger partial charge in [0.15, 0.2) is 18.9 Å². The maximum atomic E-state index is 12.2. The number of rotatable bonds is 9. The van der Waals surface area contributed by atoms with Gasteiger partial charge in [-0.05, 0) is 32.6 Å². The maximum absolute atomic E-state index is 12.2.